The highest BCUT2D eigenvalue weighted by atomic mass is 16.2. The first-order valence-corrected chi connectivity index (χ1v) is 10.8. The van der Waals surface area contributed by atoms with Crippen LogP contribution in [0, 0.1) is 11.3 Å². The van der Waals surface area contributed by atoms with Gasteiger partial charge in [0.25, 0.3) is 5.91 Å². The normalized spacial score (nSPS) is 16.1. The molecular weight excluding hydrogens is 416 g/mol. The average molecular weight is 441 g/mol. The topological polar surface area (TPSA) is 115 Å². The molecule has 3 N–H and O–H groups in total. The summed E-state index contributed by atoms with van der Waals surface area (Å²) in [6.45, 7) is 2.62. The Morgan fingerprint density at radius 2 is 2.18 bits per heavy atom. The number of carbonyl (C=O) groups excluding carboxylic acids is 1. The Hall–Kier alpha value is -4.16. The molecule has 3 heterocycles. The second kappa shape index (κ2) is 8.76. The van der Waals surface area contributed by atoms with Crippen molar-refractivity contribution in [2.24, 2.45) is 0 Å². The van der Waals surface area contributed by atoms with Crippen molar-refractivity contribution >= 4 is 28.2 Å². The SMILES string of the molecule is CN1CCC(Nc2ccc3c(C(=O)Nc4cnn(Cc5cccc(C#N)c5)c4)n[nH]c3c2)C1. The number of anilines is 2. The minimum Gasteiger partial charge on any atom is -0.381 e. The van der Waals surface area contributed by atoms with Crippen LogP contribution in [0.3, 0.4) is 0 Å². The molecule has 0 aliphatic carbocycles. The lowest BCUT2D eigenvalue weighted by Gasteiger charge is -2.14. The van der Waals surface area contributed by atoms with Gasteiger partial charge in [-0.15, -0.1) is 0 Å². The zero-order valence-electron chi connectivity index (χ0n) is 18.2. The number of hydrogen-bond donors (Lipinski definition) is 3. The van der Waals surface area contributed by atoms with Gasteiger partial charge in [-0.05, 0) is 55.9 Å². The predicted octanol–water partition coefficient (Wildman–Crippen LogP) is 3.05. The smallest absolute Gasteiger partial charge is 0.276 e. The molecule has 2 aromatic heterocycles. The van der Waals surface area contributed by atoms with Crippen molar-refractivity contribution in [3.05, 3.63) is 71.7 Å². The number of rotatable bonds is 6. The van der Waals surface area contributed by atoms with E-state index in [0.29, 0.717) is 29.5 Å². The van der Waals surface area contributed by atoms with Crippen molar-refractivity contribution in [1.82, 2.24) is 24.9 Å². The third kappa shape index (κ3) is 4.56. The number of carbonyl (C=O) groups is 1. The van der Waals surface area contributed by atoms with E-state index in [0.717, 1.165) is 41.7 Å². The van der Waals surface area contributed by atoms with Crippen LogP contribution >= 0.6 is 0 Å². The van der Waals surface area contributed by atoms with Gasteiger partial charge in [-0.2, -0.15) is 15.5 Å². The number of amides is 1. The van der Waals surface area contributed by atoms with Crippen LogP contribution in [0.1, 0.15) is 28.0 Å². The van der Waals surface area contributed by atoms with E-state index in [2.05, 4.69) is 43.9 Å². The molecule has 1 atom stereocenters. The summed E-state index contributed by atoms with van der Waals surface area (Å²) >= 11 is 0. The summed E-state index contributed by atoms with van der Waals surface area (Å²) in [5.41, 5.74) is 4.31. The summed E-state index contributed by atoms with van der Waals surface area (Å²) in [5, 5.41) is 27.8. The highest BCUT2D eigenvalue weighted by molar-refractivity contribution is 6.11. The van der Waals surface area contributed by atoms with Gasteiger partial charge in [0.15, 0.2) is 5.69 Å². The van der Waals surface area contributed by atoms with Crippen LogP contribution in [0.15, 0.2) is 54.9 Å². The number of benzene rings is 2. The maximum absolute atomic E-state index is 12.9. The van der Waals surface area contributed by atoms with E-state index in [-0.39, 0.29) is 5.91 Å². The van der Waals surface area contributed by atoms with E-state index in [1.165, 1.54) is 0 Å². The van der Waals surface area contributed by atoms with Gasteiger partial charge in [0, 0.05) is 29.9 Å². The fraction of sp³-hybridized carbons (Fsp3) is 0.250. The van der Waals surface area contributed by atoms with Crippen LogP contribution in [-0.4, -0.2) is 57.0 Å². The Morgan fingerprint density at radius 1 is 1.27 bits per heavy atom. The summed E-state index contributed by atoms with van der Waals surface area (Å²) in [6, 6.07) is 15.8. The highest BCUT2D eigenvalue weighted by Crippen LogP contribution is 2.23. The van der Waals surface area contributed by atoms with E-state index < -0.39 is 0 Å². The van der Waals surface area contributed by atoms with E-state index in [1.807, 2.05) is 36.4 Å². The fourth-order valence-electron chi connectivity index (χ4n) is 4.20. The number of aromatic nitrogens is 4. The first-order chi connectivity index (χ1) is 16.1. The van der Waals surface area contributed by atoms with Gasteiger partial charge in [0.05, 0.1) is 35.6 Å². The van der Waals surface area contributed by atoms with Gasteiger partial charge in [-0.1, -0.05) is 12.1 Å². The molecule has 9 heteroatoms. The number of likely N-dealkylation sites (tertiary alicyclic amines) is 1. The molecule has 1 fully saturated rings. The summed E-state index contributed by atoms with van der Waals surface area (Å²) in [5.74, 6) is -0.301. The van der Waals surface area contributed by atoms with Crippen LogP contribution in [0.25, 0.3) is 10.9 Å². The van der Waals surface area contributed by atoms with E-state index in [9.17, 15) is 4.79 Å². The summed E-state index contributed by atoms with van der Waals surface area (Å²) in [7, 11) is 2.13. The Balaban J connectivity index is 1.26. The second-order valence-electron chi connectivity index (χ2n) is 8.42. The molecule has 5 rings (SSSR count). The number of likely N-dealkylation sites (N-methyl/N-ethyl adjacent to an activating group) is 1. The molecule has 1 unspecified atom stereocenters. The maximum atomic E-state index is 12.9. The molecule has 1 saturated heterocycles. The molecule has 1 amide bonds. The first kappa shape index (κ1) is 20.7. The third-order valence-electron chi connectivity index (χ3n) is 5.83. The molecule has 9 nitrogen and oxygen atoms in total. The van der Waals surface area contributed by atoms with Gasteiger partial charge in [-0.25, -0.2) is 0 Å². The van der Waals surface area contributed by atoms with Crippen LogP contribution in [0.4, 0.5) is 11.4 Å². The van der Waals surface area contributed by atoms with Crippen molar-refractivity contribution in [2.75, 3.05) is 30.8 Å². The van der Waals surface area contributed by atoms with Gasteiger partial charge >= 0.3 is 0 Å². The largest absolute Gasteiger partial charge is 0.381 e. The second-order valence-corrected chi connectivity index (χ2v) is 8.42. The van der Waals surface area contributed by atoms with E-state index >= 15 is 0 Å². The van der Waals surface area contributed by atoms with Gasteiger partial charge in [0.2, 0.25) is 0 Å². The summed E-state index contributed by atoms with van der Waals surface area (Å²) in [6.07, 6.45) is 4.47. The first-order valence-electron chi connectivity index (χ1n) is 10.8. The molecule has 1 aliphatic heterocycles. The zero-order chi connectivity index (χ0) is 22.8. The Kier molecular flexibility index (Phi) is 5.50. The monoisotopic (exact) mass is 440 g/mol. The fourth-order valence-corrected chi connectivity index (χ4v) is 4.20. The number of aromatic amines is 1. The van der Waals surface area contributed by atoms with Crippen molar-refractivity contribution < 1.29 is 4.79 Å². The molecular formula is C24H24N8O. The van der Waals surface area contributed by atoms with Crippen LogP contribution < -0.4 is 10.6 Å². The number of H-pyrrole nitrogens is 1. The van der Waals surface area contributed by atoms with Crippen molar-refractivity contribution in [3.63, 3.8) is 0 Å². The van der Waals surface area contributed by atoms with Gasteiger partial charge < -0.3 is 15.5 Å². The molecule has 1 aliphatic rings. The molecule has 0 spiro atoms. The zero-order valence-corrected chi connectivity index (χ0v) is 18.2. The van der Waals surface area contributed by atoms with Crippen LogP contribution in [-0.2, 0) is 6.54 Å². The molecule has 0 radical (unpaired) electrons. The van der Waals surface area contributed by atoms with Crippen LogP contribution in [0.5, 0.6) is 0 Å². The molecule has 33 heavy (non-hydrogen) atoms. The average Bonchev–Trinajstić information content (AvgIpc) is 3.54. The lowest BCUT2D eigenvalue weighted by molar-refractivity contribution is 0.102. The number of fused-ring (bicyclic) bond motifs is 1. The predicted molar refractivity (Wildman–Crippen MR) is 126 cm³/mol. The maximum Gasteiger partial charge on any atom is 0.276 e. The number of nitrogens with zero attached hydrogens (tertiary/aromatic N) is 5. The minimum absolute atomic E-state index is 0.301. The van der Waals surface area contributed by atoms with Crippen LogP contribution in [0.2, 0.25) is 0 Å². The summed E-state index contributed by atoms with van der Waals surface area (Å²) < 4.78 is 1.72. The lowest BCUT2D eigenvalue weighted by atomic mass is 10.1. The van der Waals surface area contributed by atoms with Crippen molar-refractivity contribution in [3.8, 4) is 6.07 Å². The van der Waals surface area contributed by atoms with Crippen molar-refractivity contribution in [1.29, 1.82) is 5.26 Å². The Morgan fingerprint density at radius 3 is 3.00 bits per heavy atom. The molecule has 2 aromatic carbocycles. The lowest BCUT2D eigenvalue weighted by Crippen LogP contribution is -2.23. The molecule has 0 bridgehead atoms. The number of nitrogens with one attached hydrogen (secondary N) is 3. The minimum atomic E-state index is -0.301. The van der Waals surface area contributed by atoms with E-state index in [4.69, 9.17) is 5.26 Å². The van der Waals surface area contributed by atoms with Gasteiger partial charge in [-0.3, -0.25) is 14.6 Å². The van der Waals surface area contributed by atoms with Gasteiger partial charge in [0.1, 0.15) is 0 Å². The Labute approximate surface area is 191 Å². The summed E-state index contributed by atoms with van der Waals surface area (Å²) in [4.78, 5) is 15.2. The molecule has 166 valence electrons. The van der Waals surface area contributed by atoms with E-state index in [1.54, 1.807) is 23.1 Å². The molecule has 4 aromatic rings. The Bertz CT molecular complexity index is 1350. The number of hydrogen-bond acceptors (Lipinski definition) is 6. The standard InChI is InChI=1S/C24H24N8O/c1-31-8-7-19(14-31)27-18-5-6-21-22(10-18)29-30-23(21)24(33)28-20-12-26-32(15-20)13-17-4-2-3-16(9-17)11-25/h2-6,9-10,12,15,19,27H,7-8,13-14H2,1H3,(H,28,33)(H,29,30). The highest BCUT2D eigenvalue weighted by Gasteiger charge is 2.20. The quantitative estimate of drug-likeness (QED) is 0.425. The van der Waals surface area contributed by atoms with Crippen molar-refractivity contribution in [2.45, 2.75) is 19.0 Å². The molecule has 0 saturated carbocycles. The third-order valence-corrected chi connectivity index (χ3v) is 5.83. The number of nitriles is 1.